The number of amides is 1. The van der Waals surface area contributed by atoms with Gasteiger partial charge < -0.3 is 10.1 Å². The molecule has 0 saturated heterocycles. The fourth-order valence-corrected chi connectivity index (χ4v) is 2.42. The number of aldehydes is 1. The molecule has 3 heteroatoms. The molecule has 0 aromatic heterocycles. The smallest absolute Gasteiger partial charge is 0.223 e. The van der Waals surface area contributed by atoms with Gasteiger partial charge in [-0.15, -0.1) is 0 Å². The summed E-state index contributed by atoms with van der Waals surface area (Å²) < 4.78 is 0. The topological polar surface area (TPSA) is 46.2 Å². The van der Waals surface area contributed by atoms with Gasteiger partial charge >= 0.3 is 0 Å². The molecule has 0 aromatic carbocycles. The molecule has 3 atom stereocenters. The summed E-state index contributed by atoms with van der Waals surface area (Å²) in [4.78, 5) is 22.3. The van der Waals surface area contributed by atoms with E-state index in [1.165, 1.54) is 0 Å². The molecular weight excluding hydrogens is 190 g/mol. The predicted molar refractivity (Wildman–Crippen MR) is 57.2 cm³/mol. The average molecular weight is 209 g/mol. The van der Waals surface area contributed by atoms with Crippen molar-refractivity contribution in [2.24, 2.45) is 17.8 Å². The van der Waals surface area contributed by atoms with Crippen LogP contribution in [0, 0.1) is 17.8 Å². The van der Waals surface area contributed by atoms with Crippen LogP contribution in [0.3, 0.4) is 0 Å². The Hall–Kier alpha value is -0.860. The van der Waals surface area contributed by atoms with Crippen molar-refractivity contribution in [2.75, 3.05) is 0 Å². The van der Waals surface area contributed by atoms with Gasteiger partial charge in [-0.1, -0.05) is 6.92 Å². The third-order valence-electron chi connectivity index (χ3n) is 3.70. The Bertz CT molecular complexity index is 260. The Morgan fingerprint density at radius 3 is 2.53 bits per heavy atom. The standard InChI is InChI=1S/C12H19NO2/c1-8-6-11(5-4-10(8)7-14)13-12(15)9-2-3-9/h7-11H,2-6H2,1H3,(H,13,15)/t8-,10?,11?/m1/s1. The molecule has 0 bridgehead atoms. The second-order valence-electron chi connectivity index (χ2n) is 5.07. The van der Waals surface area contributed by atoms with Gasteiger partial charge in [-0.2, -0.15) is 0 Å². The molecular formula is C12H19NO2. The van der Waals surface area contributed by atoms with Crippen LogP contribution < -0.4 is 5.32 Å². The molecule has 0 heterocycles. The largest absolute Gasteiger partial charge is 0.353 e. The van der Waals surface area contributed by atoms with Crippen molar-refractivity contribution >= 4 is 12.2 Å². The van der Waals surface area contributed by atoms with E-state index in [2.05, 4.69) is 12.2 Å². The molecule has 0 aromatic rings. The van der Waals surface area contributed by atoms with E-state index in [-0.39, 0.29) is 11.8 Å². The minimum Gasteiger partial charge on any atom is -0.353 e. The first-order chi connectivity index (χ1) is 7.20. The Labute approximate surface area is 90.6 Å². The van der Waals surface area contributed by atoms with Gasteiger partial charge in [-0.05, 0) is 38.0 Å². The van der Waals surface area contributed by atoms with Crippen molar-refractivity contribution in [3.63, 3.8) is 0 Å². The van der Waals surface area contributed by atoms with Crippen LogP contribution in [0.4, 0.5) is 0 Å². The molecule has 2 rings (SSSR count). The molecule has 2 aliphatic rings. The summed E-state index contributed by atoms with van der Waals surface area (Å²) >= 11 is 0. The molecule has 2 saturated carbocycles. The third-order valence-corrected chi connectivity index (χ3v) is 3.70. The third kappa shape index (κ3) is 2.58. The van der Waals surface area contributed by atoms with Gasteiger partial charge in [-0.3, -0.25) is 4.79 Å². The minimum atomic E-state index is 0.207. The van der Waals surface area contributed by atoms with E-state index < -0.39 is 0 Å². The molecule has 84 valence electrons. The molecule has 2 unspecified atom stereocenters. The number of carbonyl (C=O) groups is 2. The summed E-state index contributed by atoms with van der Waals surface area (Å²) in [5.74, 6) is 1.15. The lowest BCUT2D eigenvalue weighted by atomic mass is 9.79. The lowest BCUT2D eigenvalue weighted by Crippen LogP contribution is -2.41. The lowest BCUT2D eigenvalue weighted by Gasteiger charge is -2.31. The first kappa shape index (κ1) is 10.7. The highest BCUT2D eigenvalue weighted by Gasteiger charge is 2.33. The zero-order valence-corrected chi connectivity index (χ0v) is 9.24. The SMILES string of the molecule is C[C@@H]1CC(NC(=O)C2CC2)CCC1C=O. The summed E-state index contributed by atoms with van der Waals surface area (Å²) in [6, 6.07) is 0.310. The maximum atomic E-state index is 11.6. The molecule has 0 radical (unpaired) electrons. The van der Waals surface area contributed by atoms with Crippen molar-refractivity contribution in [2.45, 2.75) is 45.1 Å². The molecule has 0 spiro atoms. The highest BCUT2D eigenvalue weighted by molar-refractivity contribution is 5.81. The number of hydrogen-bond acceptors (Lipinski definition) is 2. The van der Waals surface area contributed by atoms with Gasteiger partial charge in [0.05, 0.1) is 0 Å². The van der Waals surface area contributed by atoms with Crippen LogP contribution in [0.25, 0.3) is 0 Å². The van der Waals surface area contributed by atoms with E-state index in [1.807, 2.05) is 0 Å². The number of rotatable bonds is 3. The first-order valence-electron chi connectivity index (χ1n) is 5.96. The van der Waals surface area contributed by atoms with Crippen LogP contribution in [0.1, 0.15) is 39.0 Å². The molecule has 1 amide bonds. The number of hydrogen-bond donors (Lipinski definition) is 1. The summed E-state index contributed by atoms with van der Waals surface area (Å²) in [6.07, 6.45) is 6.05. The Balaban J connectivity index is 1.79. The molecule has 3 nitrogen and oxygen atoms in total. The van der Waals surface area contributed by atoms with Crippen molar-refractivity contribution < 1.29 is 9.59 Å². The van der Waals surface area contributed by atoms with E-state index in [0.29, 0.717) is 17.9 Å². The van der Waals surface area contributed by atoms with E-state index in [0.717, 1.165) is 38.4 Å². The van der Waals surface area contributed by atoms with Crippen molar-refractivity contribution in [1.29, 1.82) is 0 Å². The second kappa shape index (κ2) is 4.33. The summed E-state index contributed by atoms with van der Waals surface area (Å²) in [5.41, 5.74) is 0. The van der Waals surface area contributed by atoms with Crippen LogP contribution in [-0.2, 0) is 9.59 Å². The van der Waals surface area contributed by atoms with Crippen molar-refractivity contribution in [3.05, 3.63) is 0 Å². The maximum Gasteiger partial charge on any atom is 0.223 e. The zero-order chi connectivity index (χ0) is 10.8. The zero-order valence-electron chi connectivity index (χ0n) is 9.24. The minimum absolute atomic E-state index is 0.207. The fraction of sp³-hybridized carbons (Fsp3) is 0.833. The van der Waals surface area contributed by atoms with Gasteiger partial charge in [-0.25, -0.2) is 0 Å². The molecule has 0 aliphatic heterocycles. The Kier molecular flexibility index (Phi) is 3.08. The molecule has 2 fully saturated rings. The molecule has 2 aliphatic carbocycles. The Morgan fingerprint density at radius 1 is 1.27 bits per heavy atom. The van der Waals surface area contributed by atoms with Crippen molar-refractivity contribution in [1.82, 2.24) is 5.32 Å². The quantitative estimate of drug-likeness (QED) is 0.716. The van der Waals surface area contributed by atoms with Crippen LogP contribution in [0.15, 0.2) is 0 Å². The number of carbonyl (C=O) groups excluding carboxylic acids is 2. The predicted octanol–water partition coefficient (Wildman–Crippen LogP) is 1.52. The lowest BCUT2D eigenvalue weighted by molar-refractivity contribution is -0.123. The summed E-state index contributed by atoms with van der Waals surface area (Å²) in [7, 11) is 0. The normalized spacial score (nSPS) is 35.9. The van der Waals surface area contributed by atoms with Crippen LogP contribution in [0.2, 0.25) is 0 Å². The van der Waals surface area contributed by atoms with E-state index >= 15 is 0 Å². The average Bonchev–Trinajstić information content (AvgIpc) is 3.01. The van der Waals surface area contributed by atoms with Gasteiger partial charge in [0.2, 0.25) is 5.91 Å². The van der Waals surface area contributed by atoms with Crippen molar-refractivity contribution in [3.8, 4) is 0 Å². The highest BCUT2D eigenvalue weighted by atomic mass is 16.2. The van der Waals surface area contributed by atoms with Crippen LogP contribution >= 0.6 is 0 Å². The van der Waals surface area contributed by atoms with Gasteiger partial charge in [0.25, 0.3) is 0 Å². The van der Waals surface area contributed by atoms with Gasteiger partial charge in [0, 0.05) is 17.9 Å². The first-order valence-corrected chi connectivity index (χ1v) is 5.96. The molecule has 1 N–H and O–H groups in total. The Morgan fingerprint density at radius 2 is 2.00 bits per heavy atom. The van der Waals surface area contributed by atoms with Gasteiger partial charge in [0.1, 0.15) is 6.29 Å². The number of nitrogens with one attached hydrogen (secondary N) is 1. The second-order valence-corrected chi connectivity index (χ2v) is 5.07. The highest BCUT2D eigenvalue weighted by Crippen LogP contribution is 2.31. The fourth-order valence-electron chi connectivity index (χ4n) is 2.42. The van der Waals surface area contributed by atoms with Crippen LogP contribution in [0.5, 0.6) is 0 Å². The van der Waals surface area contributed by atoms with E-state index in [1.54, 1.807) is 0 Å². The van der Waals surface area contributed by atoms with Gasteiger partial charge in [0.15, 0.2) is 0 Å². The summed E-state index contributed by atoms with van der Waals surface area (Å²) in [6.45, 7) is 2.11. The monoisotopic (exact) mass is 209 g/mol. The maximum absolute atomic E-state index is 11.6. The van der Waals surface area contributed by atoms with Crippen LogP contribution in [-0.4, -0.2) is 18.2 Å². The summed E-state index contributed by atoms with van der Waals surface area (Å²) in [5, 5.41) is 3.10. The van der Waals surface area contributed by atoms with E-state index in [4.69, 9.17) is 0 Å². The molecule has 15 heavy (non-hydrogen) atoms. The van der Waals surface area contributed by atoms with E-state index in [9.17, 15) is 9.59 Å².